The van der Waals surface area contributed by atoms with Crippen molar-refractivity contribution in [3.63, 3.8) is 0 Å². The molecule has 7 nitrogen and oxygen atoms in total. The predicted molar refractivity (Wildman–Crippen MR) is 59.4 cm³/mol. The molecule has 1 aromatic heterocycles. The lowest BCUT2D eigenvalue weighted by Gasteiger charge is -2.10. The zero-order valence-electron chi connectivity index (χ0n) is 9.21. The highest BCUT2D eigenvalue weighted by Gasteiger charge is 2.16. The molecule has 0 unspecified atom stereocenters. The first-order valence-electron chi connectivity index (χ1n) is 4.69. The van der Waals surface area contributed by atoms with E-state index in [1.54, 1.807) is 0 Å². The van der Waals surface area contributed by atoms with E-state index in [9.17, 15) is 10.1 Å². The molecule has 7 heteroatoms. The number of aromatic nitrogens is 1. The zero-order chi connectivity index (χ0) is 12.1. The molecule has 0 aliphatic rings. The molecule has 0 amide bonds. The summed E-state index contributed by atoms with van der Waals surface area (Å²) in [6, 6.07) is 2.66. The molecule has 1 rings (SSSR count). The first-order valence-corrected chi connectivity index (χ1v) is 4.69. The molecular weight excluding hydrogens is 212 g/mol. The van der Waals surface area contributed by atoms with Crippen LogP contribution < -0.4 is 10.5 Å². The molecule has 2 N–H and O–H groups in total. The summed E-state index contributed by atoms with van der Waals surface area (Å²) in [5.74, 6) is 0.164. The number of rotatable bonds is 5. The van der Waals surface area contributed by atoms with Crippen molar-refractivity contribution in [3.8, 4) is 5.88 Å². The monoisotopic (exact) mass is 226 g/mol. The Bertz CT molecular complexity index is 381. The highest BCUT2D eigenvalue weighted by Crippen LogP contribution is 2.24. The Hall–Kier alpha value is -1.89. The molecule has 1 heterocycles. The van der Waals surface area contributed by atoms with Crippen molar-refractivity contribution in [2.45, 2.75) is 0 Å². The van der Waals surface area contributed by atoms with Crippen molar-refractivity contribution in [2.75, 3.05) is 33.0 Å². The number of nitrogens with two attached hydrogens (primary N) is 1. The molecule has 0 spiro atoms. The average Bonchev–Trinajstić information content (AvgIpc) is 2.16. The Morgan fingerprint density at radius 1 is 1.56 bits per heavy atom. The van der Waals surface area contributed by atoms with Crippen LogP contribution in [-0.2, 0) is 0 Å². The third-order valence-electron chi connectivity index (χ3n) is 1.84. The smallest absolute Gasteiger partial charge is 0.331 e. The minimum Gasteiger partial charge on any atom is -0.471 e. The van der Waals surface area contributed by atoms with Crippen molar-refractivity contribution in [2.24, 2.45) is 0 Å². The molecule has 0 saturated carbocycles. The van der Waals surface area contributed by atoms with Crippen LogP contribution in [0.2, 0.25) is 0 Å². The molecule has 0 bridgehead atoms. The maximum atomic E-state index is 10.7. The van der Waals surface area contributed by atoms with Crippen LogP contribution in [0.4, 0.5) is 11.5 Å². The topological polar surface area (TPSA) is 94.5 Å². The summed E-state index contributed by atoms with van der Waals surface area (Å²) in [6.45, 7) is 0.970. The molecule has 0 aromatic carbocycles. The van der Waals surface area contributed by atoms with Gasteiger partial charge in [0.25, 0.3) is 5.88 Å². The molecule has 88 valence electrons. The number of nitrogens with zero attached hydrogens (tertiary/aromatic N) is 3. The fraction of sp³-hybridized carbons (Fsp3) is 0.444. The van der Waals surface area contributed by atoms with Gasteiger partial charge in [0.1, 0.15) is 12.4 Å². The average molecular weight is 226 g/mol. The van der Waals surface area contributed by atoms with E-state index in [4.69, 9.17) is 10.5 Å². The van der Waals surface area contributed by atoms with Crippen molar-refractivity contribution >= 4 is 11.5 Å². The Kier molecular flexibility index (Phi) is 4.01. The minimum atomic E-state index is -0.544. The van der Waals surface area contributed by atoms with Gasteiger partial charge in [0.05, 0.1) is 4.92 Å². The van der Waals surface area contributed by atoms with E-state index < -0.39 is 4.92 Å². The Morgan fingerprint density at radius 2 is 2.25 bits per heavy atom. The van der Waals surface area contributed by atoms with Crippen LogP contribution in [0.15, 0.2) is 12.1 Å². The summed E-state index contributed by atoms with van der Waals surface area (Å²) in [7, 11) is 3.76. The van der Waals surface area contributed by atoms with E-state index in [2.05, 4.69) is 4.98 Å². The van der Waals surface area contributed by atoms with Gasteiger partial charge in [-0.1, -0.05) is 0 Å². The first-order chi connectivity index (χ1) is 7.50. The second-order valence-corrected chi connectivity index (χ2v) is 3.47. The van der Waals surface area contributed by atoms with E-state index in [1.807, 2.05) is 19.0 Å². The molecule has 0 radical (unpaired) electrons. The van der Waals surface area contributed by atoms with Gasteiger partial charge < -0.3 is 15.4 Å². The summed E-state index contributed by atoms with van der Waals surface area (Å²) < 4.78 is 5.22. The van der Waals surface area contributed by atoms with E-state index >= 15 is 0 Å². The number of hydrogen-bond donors (Lipinski definition) is 1. The SMILES string of the molecule is CN(C)CCOc1nc(N)ccc1[N+](=O)[O-]. The number of nitro groups is 1. The fourth-order valence-electron chi connectivity index (χ4n) is 1.02. The number of pyridine rings is 1. The normalized spacial score (nSPS) is 10.4. The van der Waals surface area contributed by atoms with Crippen LogP contribution >= 0.6 is 0 Å². The maximum absolute atomic E-state index is 10.7. The number of likely N-dealkylation sites (N-methyl/N-ethyl adjacent to an activating group) is 1. The Balaban J connectivity index is 2.76. The third kappa shape index (κ3) is 3.35. The summed E-state index contributed by atoms with van der Waals surface area (Å²) in [5, 5.41) is 10.7. The van der Waals surface area contributed by atoms with E-state index in [-0.39, 0.29) is 17.4 Å². The van der Waals surface area contributed by atoms with Gasteiger partial charge in [-0.2, -0.15) is 4.98 Å². The molecule has 16 heavy (non-hydrogen) atoms. The lowest BCUT2D eigenvalue weighted by atomic mass is 10.4. The van der Waals surface area contributed by atoms with Crippen LogP contribution in [0.1, 0.15) is 0 Å². The van der Waals surface area contributed by atoms with Gasteiger partial charge in [0.15, 0.2) is 0 Å². The van der Waals surface area contributed by atoms with Gasteiger partial charge in [-0.3, -0.25) is 10.1 Å². The van der Waals surface area contributed by atoms with Gasteiger partial charge in [-0.15, -0.1) is 0 Å². The molecular formula is C9H14N4O3. The number of anilines is 1. The van der Waals surface area contributed by atoms with E-state index in [0.717, 1.165) is 0 Å². The van der Waals surface area contributed by atoms with Gasteiger partial charge in [-0.25, -0.2) is 0 Å². The highest BCUT2D eigenvalue weighted by atomic mass is 16.6. The van der Waals surface area contributed by atoms with Crippen molar-refractivity contribution in [1.29, 1.82) is 0 Å². The molecule has 0 fully saturated rings. The fourth-order valence-corrected chi connectivity index (χ4v) is 1.02. The quantitative estimate of drug-likeness (QED) is 0.580. The van der Waals surface area contributed by atoms with E-state index in [0.29, 0.717) is 13.2 Å². The maximum Gasteiger partial charge on any atom is 0.331 e. The van der Waals surface area contributed by atoms with Gasteiger partial charge >= 0.3 is 5.69 Å². The molecule has 0 aliphatic carbocycles. The second-order valence-electron chi connectivity index (χ2n) is 3.47. The molecule has 0 aliphatic heterocycles. The number of ether oxygens (including phenoxy) is 1. The Morgan fingerprint density at radius 3 is 2.81 bits per heavy atom. The Labute approximate surface area is 93.0 Å². The zero-order valence-corrected chi connectivity index (χ0v) is 9.21. The minimum absolute atomic E-state index is 0.0353. The van der Waals surface area contributed by atoms with Crippen LogP contribution in [0, 0.1) is 10.1 Å². The number of hydrogen-bond acceptors (Lipinski definition) is 6. The summed E-state index contributed by atoms with van der Waals surface area (Å²) in [4.78, 5) is 15.8. The summed E-state index contributed by atoms with van der Waals surface area (Å²) in [6.07, 6.45) is 0. The van der Waals surface area contributed by atoms with Gasteiger partial charge in [-0.05, 0) is 20.2 Å². The van der Waals surface area contributed by atoms with Crippen LogP contribution in [0.5, 0.6) is 5.88 Å². The predicted octanol–water partition coefficient (Wildman–Crippen LogP) is 0.512. The van der Waals surface area contributed by atoms with E-state index in [1.165, 1.54) is 12.1 Å². The molecule has 0 saturated heterocycles. The standard InChI is InChI=1S/C9H14N4O3/c1-12(2)5-6-16-9-7(13(14)15)3-4-8(10)11-9/h3-4H,5-6H2,1-2H3,(H2,10,11). The largest absolute Gasteiger partial charge is 0.471 e. The second kappa shape index (κ2) is 5.26. The number of nitrogen functional groups attached to an aromatic ring is 1. The van der Waals surface area contributed by atoms with Crippen LogP contribution in [0.3, 0.4) is 0 Å². The molecule has 0 atom stereocenters. The van der Waals surface area contributed by atoms with Gasteiger partial charge in [0, 0.05) is 12.6 Å². The summed E-state index contributed by atoms with van der Waals surface area (Å²) in [5.41, 5.74) is 5.26. The van der Waals surface area contributed by atoms with Crippen LogP contribution in [-0.4, -0.2) is 42.1 Å². The lowest BCUT2D eigenvalue weighted by Crippen LogP contribution is -2.20. The third-order valence-corrected chi connectivity index (χ3v) is 1.84. The first kappa shape index (κ1) is 12.2. The highest BCUT2D eigenvalue weighted by molar-refractivity contribution is 5.46. The van der Waals surface area contributed by atoms with Gasteiger partial charge in [0.2, 0.25) is 0 Å². The summed E-state index contributed by atoms with van der Waals surface area (Å²) >= 11 is 0. The van der Waals surface area contributed by atoms with Crippen molar-refractivity contribution in [1.82, 2.24) is 9.88 Å². The molecule has 1 aromatic rings. The van der Waals surface area contributed by atoms with Crippen molar-refractivity contribution < 1.29 is 9.66 Å². The lowest BCUT2D eigenvalue weighted by molar-refractivity contribution is -0.386. The van der Waals surface area contributed by atoms with Crippen LogP contribution in [0.25, 0.3) is 0 Å². The van der Waals surface area contributed by atoms with Crippen molar-refractivity contribution in [3.05, 3.63) is 22.2 Å².